The highest BCUT2D eigenvalue weighted by Crippen LogP contribution is 2.06. The molecule has 17 heavy (non-hydrogen) atoms. The Hall–Kier alpha value is -2.11. The number of anilines is 1. The molecule has 0 aliphatic carbocycles. The molecule has 0 bridgehead atoms. The third-order valence-corrected chi connectivity index (χ3v) is 2.55. The maximum atomic E-state index is 11.0. The summed E-state index contributed by atoms with van der Waals surface area (Å²) in [5.41, 5.74) is 2.90. The van der Waals surface area contributed by atoms with Crippen LogP contribution in [0.3, 0.4) is 0 Å². The van der Waals surface area contributed by atoms with Gasteiger partial charge in [-0.15, -0.1) is 0 Å². The Labute approximate surface area is 98.5 Å². The molecule has 3 N–H and O–H groups in total. The van der Waals surface area contributed by atoms with Gasteiger partial charge in [-0.2, -0.15) is 10.2 Å². The van der Waals surface area contributed by atoms with Crippen molar-refractivity contribution in [3.63, 3.8) is 0 Å². The first-order valence-corrected chi connectivity index (χ1v) is 5.53. The van der Waals surface area contributed by atoms with Crippen molar-refractivity contribution in [3.8, 4) is 0 Å². The number of nitrogens with zero attached hydrogens (tertiary/aromatic N) is 2. The first kappa shape index (κ1) is 11.4. The van der Waals surface area contributed by atoms with Crippen molar-refractivity contribution in [2.75, 3.05) is 11.9 Å². The monoisotopic (exact) mass is 233 g/mol. The SMILES string of the molecule is Cc1[nH]ncc1CCCNc1cn[nH]c(=O)c1. The molecular formula is C11H15N5O. The fraction of sp³-hybridized carbons (Fsp3) is 0.364. The molecule has 2 aromatic rings. The lowest BCUT2D eigenvalue weighted by Crippen LogP contribution is -2.10. The maximum absolute atomic E-state index is 11.0. The summed E-state index contributed by atoms with van der Waals surface area (Å²) in [5.74, 6) is 0. The fourth-order valence-corrected chi connectivity index (χ4v) is 1.61. The van der Waals surface area contributed by atoms with Gasteiger partial charge in [0.25, 0.3) is 5.56 Å². The molecular weight excluding hydrogens is 218 g/mol. The third kappa shape index (κ3) is 3.17. The number of aryl methyl sites for hydroxylation is 2. The van der Waals surface area contributed by atoms with Gasteiger partial charge in [0.1, 0.15) is 0 Å². The zero-order chi connectivity index (χ0) is 12.1. The second-order valence-corrected chi connectivity index (χ2v) is 3.88. The molecule has 0 aromatic carbocycles. The van der Waals surface area contributed by atoms with Crippen LogP contribution in [0.5, 0.6) is 0 Å². The molecule has 6 heteroatoms. The second kappa shape index (κ2) is 5.29. The van der Waals surface area contributed by atoms with Crippen molar-refractivity contribution in [1.82, 2.24) is 20.4 Å². The second-order valence-electron chi connectivity index (χ2n) is 3.88. The van der Waals surface area contributed by atoms with Gasteiger partial charge in [0.05, 0.1) is 18.1 Å². The van der Waals surface area contributed by atoms with Crippen LogP contribution in [-0.4, -0.2) is 26.9 Å². The smallest absolute Gasteiger partial charge is 0.266 e. The lowest BCUT2D eigenvalue weighted by atomic mass is 10.1. The van der Waals surface area contributed by atoms with Gasteiger partial charge in [0.2, 0.25) is 0 Å². The molecule has 90 valence electrons. The van der Waals surface area contributed by atoms with Gasteiger partial charge < -0.3 is 5.32 Å². The van der Waals surface area contributed by atoms with E-state index in [1.54, 1.807) is 6.20 Å². The van der Waals surface area contributed by atoms with E-state index in [2.05, 4.69) is 25.7 Å². The van der Waals surface area contributed by atoms with Crippen LogP contribution >= 0.6 is 0 Å². The maximum Gasteiger partial charge on any atom is 0.266 e. The highest BCUT2D eigenvalue weighted by atomic mass is 16.1. The highest BCUT2D eigenvalue weighted by Gasteiger charge is 1.99. The topological polar surface area (TPSA) is 86.5 Å². The standard InChI is InChI=1S/C11H15N5O/c1-8-9(6-13-15-8)3-2-4-12-10-5-11(17)16-14-7-10/h5-7H,2-4H2,1H3,(H,13,15)(H2,12,16,17). The molecule has 0 aliphatic rings. The van der Waals surface area contributed by atoms with Gasteiger partial charge in [-0.05, 0) is 25.3 Å². The van der Waals surface area contributed by atoms with Crippen molar-refractivity contribution in [3.05, 3.63) is 40.1 Å². The Balaban J connectivity index is 1.77. The van der Waals surface area contributed by atoms with E-state index in [1.807, 2.05) is 13.1 Å². The first-order chi connectivity index (χ1) is 8.25. The molecule has 0 fully saturated rings. The average Bonchev–Trinajstić information content (AvgIpc) is 2.71. The quantitative estimate of drug-likeness (QED) is 0.668. The van der Waals surface area contributed by atoms with E-state index in [0.717, 1.165) is 30.8 Å². The van der Waals surface area contributed by atoms with Crippen LogP contribution in [0.25, 0.3) is 0 Å². The minimum atomic E-state index is -0.194. The Morgan fingerprint density at radius 2 is 2.12 bits per heavy atom. The van der Waals surface area contributed by atoms with E-state index < -0.39 is 0 Å². The molecule has 0 saturated carbocycles. The molecule has 2 heterocycles. The van der Waals surface area contributed by atoms with Crippen molar-refractivity contribution in [1.29, 1.82) is 0 Å². The summed E-state index contributed by atoms with van der Waals surface area (Å²) in [6.07, 6.45) is 5.40. The number of rotatable bonds is 5. The predicted molar refractivity (Wildman–Crippen MR) is 65.0 cm³/mol. The molecule has 2 rings (SSSR count). The minimum absolute atomic E-state index is 0.194. The van der Waals surface area contributed by atoms with E-state index in [-0.39, 0.29) is 5.56 Å². The van der Waals surface area contributed by atoms with Crippen LogP contribution in [0.1, 0.15) is 17.7 Å². The zero-order valence-electron chi connectivity index (χ0n) is 9.66. The average molecular weight is 233 g/mol. The van der Waals surface area contributed by atoms with Crippen LogP contribution in [-0.2, 0) is 6.42 Å². The first-order valence-electron chi connectivity index (χ1n) is 5.53. The highest BCUT2D eigenvalue weighted by molar-refractivity contribution is 5.38. The van der Waals surface area contributed by atoms with Crippen molar-refractivity contribution >= 4 is 5.69 Å². The largest absolute Gasteiger partial charge is 0.384 e. The summed E-state index contributed by atoms with van der Waals surface area (Å²) in [4.78, 5) is 11.0. The molecule has 6 nitrogen and oxygen atoms in total. The van der Waals surface area contributed by atoms with E-state index >= 15 is 0 Å². The third-order valence-electron chi connectivity index (χ3n) is 2.55. The minimum Gasteiger partial charge on any atom is -0.384 e. The van der Waals surface area contributed by atoms with Gasteiger partial charge in [0, 0.05) is 18.3 Å². The van der Waals surface area contributed by atoms with Gasteiger partial charge in [-0.25, -0.2) is 5.10 Å². The molecule has 0 radical (unpaired) electrons. The van der Waals surface area contributed by atoms with Crippen molar-refractivity contribution in [2.24, 2.45) is 0 Å². The number of H-pyrrole nitrogens is 2. The fourth-order valence-electron chi connectivity index (χ4n) is 1.61. The number of aromatic amines is 2. The van der Waals surface area contributed by atoms with E-state index in [4.69, 9.17) is 0 Å². The summed E-state index contributed by atoms with van der Waals surface area (Å²) in [6.45, 7) is 2.81. The van der Waals surface area contributed by atoms with Gasteiger partial charge in [0.15, 0.2) is 0 Å². The van der Waals surface area contributed by atoms with Crippen molar-refractivity contribution < 1.29 is 0 Å². The Kier molecular flexibility index (Phi) is 3.54. The van der Waals surface area contributed by atoms with E-state index in [9.17, 15) is 4.79 Å². The normalized spacial score (nSPS) is 10.4. The molecule has 0 unspecified atom stereocenters. The molecule has 2 aromatic heterocycles. The molecule has 0 spiro atoms. The summed E-state index contributed by atoms with van der Waals surface area (Å²) in [7, 11) is 0. The predicted octanol–water partition coefficient (Wildman–Crippen LogP) is 0.846. The lowest BCUT2D eigenvalue weighted by Gasteiger charge is -2.04. The van der Waals surface area contributed by atoms with Gasteiger partial charge in [-0.3, -0.25) is 9.89 Å². The summed E-state index contributed by atoms with van der Waals surface area (Å²) >= 11 is 0. The number of hydrogen-bond acceptors (Lipinski definition) is 4. The Morgan fingerprint density at radius 1 is 1.29 bits per heavy atom. The van der Waals surface area contributed by atoms with Crippen LogP contribution in [0.4, 0.5) is 5.69 Å². The Morgan fingerprint density at radius 3 is 2.82 bits per heavy atom. The molecule has 0 aliphatic heterocycles. The Bertz CT molecular complexity index is 530. The van der Waals surface area contributed by atoms with Crippen molar-refractivity contribution in [2.45, 2.75) is 19.8 Å². The molecule has 0 saturated heterocycles. The zero-order valence-corrected chi connectivity index (χ0v) is 9.66. The van der Waals surface area contributed by atoms with E-state index in [1.165, 1.54) is 11.6 Å². The van der Waals surface area contributed by atoms with E-state index in [0.29, 0.717) is 0 Å². The van der Waals surface area contributed by atoms with Crippen LogP contribution in [0.15, 0.2) is 23.3 Å². The number of aromatic nitrogens is 4. The summed E-state index contributed by atoms with van der Waals surface area (Å²) in [6, 6.07) is 1.50. The lowest BCUT2D eigenvalue weighted by molar-refractivity contribution is 0.854. The van der Waals surface area contributed by atoms with Gasteiger partial charge in [-0.1, -0.05) is 0 Å². The summed E-state index contributed by atoms with van der Waals surface area (Å²) in [5, 5.41) is 16.1. The van der Waals surface area contributed by atoms with Crippen LogP contribution < -0.4 is 10.9 Å². The van der Waals surface area contributed by atoms with Crippen LogP contribution in [0.2, 0.25) is 0 Å². The summed E-state index contributed by atoms with van der Waals surface area (Å²) < 4.78 is 0. The number of hydrogen-bond donors (Lipinski definition) is 3. The van der Waals surface area contributed by atoms with Crippen LogP contribution in [0, 0.1) is 6.92 Å². The number of nitrogens with one attached hydrogen (secondary N) is 3. The molecule has 0 amide bonds. The molecule has 0 atom stereocenters. The van der Waals surface area contributed by atoms with Gasteiger partial charge >= 0.3 is 0 Å².